The Bertz CT molecular complexity index is 219. The number of nitrogens with one attached hydrogen (secondary N) is 1. The van der Waals surface area contributed by atoms with Gasteiger partial charge in [0.2, 0.25) is 5.96 Å². The van der Waals surface area contributed by atoms with Crippen molar-refractivity contribution >= 4 is 17.9 Å². The summed E-state index contributed by atoms with van der Waals surface area (Å²) in [5, 5.41) is 1.98. The molecule has 1 rings (SSSR count). The van der Waals surface area contributed by atoms with Crippen LogP contribution in [-0.2, 0) is 0 Å². The standard InChI is InChI=1S/C7H14N4S/c1-10(2)6-5-12-9-7(8-6)11(3)4/h5H,1-4H3,(H,8,9). The minimum atomic E-state index is 0.881. The highest BCUT2D eigenvalue weighted by Gasteiger charge is 2.09. The third-order valence-electron chi connectivity index (χ3n) is 1.42. The smallest absolute Gasteiger partial charge is 0.210 e. The van der Waals surface area contributed by atoms with Crippen molar-refractivity contribution in [2.45, 2.75) is 0 Å². The first kappa shape index (κ1) is 9.25. The van der Waals surface area contributed by atoms with E-state index >= 15 is 0 Å². The van der Waals surface area contributed by atoms with E-state index in [0.717, 1.165) is 11.8 Å². The lowest BCUT2D eigenvalue weighted by Crippen LogP contribution is -2.34. The molecule has 1 N–H and O–H groups in total. The number of hydrogen-bond acceptors (Lipinski definition) is 5. The molecule has 0 aromatic carbocycles. The Balaban J connectivity index is 2.74. The normalized spacial score (nSPS) is 16.0. The Morgan fingerprint density at radius 2 is 1.92 bits per heavy atom. The van der Waals surface area contributed by atoms with Gasteiger partial charge in [0.25, 0.3) is 0 Å². The third kappa shape index (κ3) is 2.07. The summed E-state index contributed by atoms with van der Waals surface area (Å²) in [6, 6.07) is 0. The highest BCUT2D eigenvalue weighted by atomic mass is 32.2. The van der Waals surface area contributed by atoms with Crippen LogP contribution >= 0.6 is 11.9 Å². The maximum absolute atomic E-state index is 4.38. The van der Waals surface area contributed by atoms with Gasteiger partial charge in [-0.05, 0) is 11.9 Å². The van der Waals surface area contributed by atoms with Crippen molar-refractivity contribution in [1.29, 1.82) is 0 Å². The fraction of sp³-hybridized carbons (Fsp3) is 0.571. The lowest BCUT2D eigenvalue weighted by atomic mass is 10.7. The summed E-state index contributed by atoms with van der Waals surface area (Å²) in [7, 11) is 7.89. The summed E-state index contributed by atoms with van der Waals surface area (Å²) >= 11 is 1.54. The fourth-order valence-corrected chi connectivity index (χ4v) is 1.45. The van der Waals surface area contributed by atoms with Crippen LogP contribution in [0.3, 0.4) is 0 Å². The van der Waals surface area contributed by atoms with Gasteiger partial charge in [-0.3, -0.25) is 4.72 Å². The summed E-state index contributed by atoms with van der Waals surface area (Å²) < 4.78 is 3.09. The van der Waals surface area contributed by atoms with E-state index < -0.39 is 0 Å². The predicted molar refractivity (Wildman–Crippen MR) is 53.6 cm³/mol. The van der Waals surface area contributed by atoms with E-state index in [4.69, 9.17) is 0 Å². The predicted octanol–water partition coefficient (Wildman–Crippen LogP) is 0.516. The Kier molecular flexibility index (Phi) is 2.86. The summed E-state index contributed by atoms with van der Waals surface area (Å²) in [5.41, 5.74) is 0. The molecule has 0 spiro atoms. The highest BCUT2D eigenvalue weighted by molar-refractivity contribution is 8.00. The fourth-order valence-electron chi connectivity index (χ4n) is 0.689. The first-order valence-electron chi connectivity index (χ1n) is 3.66. The average molecular weight is 186 g/mol. The van der Waals surface area contributed by atoms with Crippen molar-refractivity contribution in [2.75, 3.05) is 28.2 Å². The summed E-state index contributed by atoms with van der Waals surface area (Å²) in [5.74, 6) is 1.86. The van der Waals surface area contributed by atoms with Crippen molar-refractivity contribution in [3.63, 3.8) is 0 Å². The quantitative estimate of drug-likeness (QED) is 0.605. The minimum absolute atomic E-state index is 0.881. The maximum atomic E-state index is 4.38. The number of guanidine groups is 1. The first-order valence-corrected chi connectivity index (χ1v) is 4.54. The van der Waals surface area contributed by atoms with Crippen LogP contribution in [0, 0.1) is 0 Å². The molecule has 0 radical (unpaired) electrons. The van der Waals surface area contributed by atoms with E-state index in [-0.39, 0.29) is 0 Å². The van der Waals surface area contributed by atoms with Crippen LogP contribution in [0.1, 0.15) is 0 Å². The van der Waals surface area contributed by atoms with E-state index in [1.165, 1.54) is 0 Å². The molecule has 0 amide bonds. The Hall–Kier alpha value is -0.840. The first-order chi connectivity index (χ1) is 5.61. The van der Waals surface area contributed by atoms with E-state index in [1.54, 1.807) is 11.9 Å². The van der Waals surface area contributed by atoms with Crippen molar-refractivity contribution in [1.82, 2.24) is 14.5 Å². The number of hydrogen-bond donors (Lipinski definition) is 1. The summed E-state index contributed by atoms with van der Waals surface area (Å²) in [6.07, 6.45) is 0. The second-order valence-electron chi connectivity index (χ2n) is 2.92. The number of nitrogens with zero attached hydrogens (tertiary/aromatic N) is 3. The van der Waals surface area contributed by atoms with Gasteiger partial charge in [0.1, 0.15) is 5.82 Å². The van der Waals surface area contributed by atoms with Gasteiger partial charge >= 0.3 is 0 Å². The van der Waals surface area contributed by atoms with Gasteiger partial charge in [-0.25, -0.2) is 0 Å². The van der Waals surface area contributed by atoms with Crippen LogP contribution in [0.4, 0.5) is 0 Å². The van der Waals surface area contributed by atoms with E-state index in [2.05, 4.69) is 9.71 Å². The molecular weight excluding hydrogens is 172 g/mol. The van der Waals surface area contributed by atoms with Gasteiger partial charge in [-0.15, -0.1) is 0 Å². The molecule has 1 aliphatic heterocycles. The molecule has 0 atom stereocenters. The summed E-state index contributed by atoms with van der Waals surface area (Å²) in [4.78, 5) is 8.31. The Morgan fingerprint density at radius 1 is 1.25 bits per heavy atom. The Labute approximate surface area is 77.5 Å². The molecule has 0 saturated carbocycles. The van der Waals surface area contributed by atoms with E-state index in [9.17, 15) is 0 Å². The minimum Gasteiger partial charge on any atom is -0.362 e. The second-order valence-corrected chi connectivity index (χ2v) is 3.60. The van der Waals surface area contributed by atoms with Crippen LogP contribution in [-0.4, -0.2) is 44.0 Å². The van der Waals surface area contributed by atoms with E-state index in [0.29, 0.717) is 0 Å². The largest absolute Gasteiger partial charge is 0.362 e. The van der Waals surface area contributed by atoms with Crippen molar-refractivity contribution in [3.8, 4) is 0 Å². The van der Waals surface area contributed by atoms with Gasteiger partial charge in [0.05, 0.1) is 0 Å². The lowest BCUT2D eigenvalue weighted by Gasteiger charge is -2.22. The molecule has 0 aromatic heterocycles. The zero-order valence-corrected chi connectivity index (χ0v) is 8.64. The summed E-state index contributed by atoms with van der Waals surface area (Å²) in [6.45, 7) is 0. The molecule has 5 heteroatoms. The highest BCUT2D eigenvalue weighted by Crippen LogP contribution is 2.13. The van der Waals surface area contributed by atoms with Crippen LogP contribution in [0.25, 0.3) is 0 Å². The van der Waals surface area contributed by atoms with E-state index in [1.807, 2.05) is 43.4 Å². The second kappa shape index (κ2) is 3.71. The molecule has 0 saturated heterocycles. The number of aliphatic imine (C=N–C) groups is 1. The molecule has 1 aliphatic rings. The molecule has 0 unspecified atom stereocenters. The Morgan fingerprint density at radius 3 is 2.42 bits per heavy atom. The van der Waals surface area contributed by atoms with Crippen LogP contribution in [0.2, 0.25) is 0 Å². The number of rotatable bonds is 1. The lowest BCUT2D eigenvalue weighted by molar-refractivity contribution is 0.500. The monoisotopic (exact) mass is 186 g/mol. The molecule has 1 heterocycles. The molecule has 0 aliphatic carbocycles. The van der Waals surface area contributed by atoms with Gasteiger partial charge in [-0.1, -0.05) is 0 Å². The van der Waals surface area contributed by atoms with Crippen LogP contribution in [0.15, 0.2) is 16.2 Å². The van der Waals surface area contributed by atoms with Crippen LogP contribution < -0.4 is 4.72 Å². The average Bonchev–Trinajstić information content (AvgIpc) is 2.04. The van der Waals surface area contributed by atoms with Gasteiger partial charge in [0, 0.05) is 33.6 Å². The van der Waals surface area contributed by atoms with Gasteiger partial charge in [-0.2, -0.15) is 4.99 Å². The zero-order chi connectivity index (χ0) is 9.14. The molecule has 0 aromatic rings. The molecule has 12 heavy (non-hydrogen) atoms. The molecule has 0 fully saturated rings. The molecule has 4 nitrogen and oxygen atoms in total. The molecular formula is C7H14N4S. The SMILES string of the molecule is CN(C)C1=CSNC(N(C)C)=N1. The third-order valence-corrected chi connectivity index (χ3v) is 2.05. The zero-order valence-electron chi connectivity index (χ0n) is 7.83. The van der Waals surface area contributed by atoms with Crippen LogP contribution in [0.5, 0.6) is 0 Å². The molecule has 0 bridgehead atoms. The van der Waals surface area contributed by atoms with Gasteiger partial charge in [0.15, 0.2) is 0 Å². The van der Waals surface area contributed by atoms with Crippen molar-refractivity contribution < 1.29 is 0 Å². The van der Waals surface area contributed by atoms with Gasteiger partial charge < -0.3 is 9.80 Å². The van der Waals surface area contributed by atoms with Crippen molar-refractivity contribution in [3.05, 3.63) is 11.2 Å². The maximum Gasteiger partial charge on any atom is 0.210 e. The topological polar surface area (TPSA) is 30.9 Å². The molecule has 68 valence electrons. The van der Waals surface area contributed by atoms with Crippen molar-refractivity contribution in [2.24, 2.45) is 4.99 Å².